The van der Waals surface area contributed by atoms with Crippen molar-refractivity contribution in [2.75, 3.05) is 6.54 Å². The third-order valence-corrected chi connectivity index (χ3v) is 2.99. The lowest BCUT2D eigenvalue weighted by molar-refractivity contribution is -0.0499. The maximum atomic E-state index is 12.4. The summed E-state index contributed by atoms with van der Waals surface area (Å²) >= 11 is 4.81. The zero-order valence-corrected chi connectivity index (χ0v) is 12.7. The quantitative estimate of drug-likeness (QED) is 0.786. The Morgan fingerprint density at radius 1 is 1.43 bits per heavy atom. The number of hydrogen-bond donors (Lipinski definition) is 1. The molecule has 0 atom stereocenters. The zero-order chi connectivity index (χ0) is 16.0. The fourth-order valence-corrected chi connectivity index (χ4v) is 1.89. The molecule has 1 aromatic rings. The minimum absolute atomic E-state index is 0.0473. The summed E-state index contributed by atoms with van der Waals surface area (Å²) in [5.41, 5.74) is 5.73. The van der Waals surface area contributed by atoms with Crippen molar-refractivity contribution in [3.8, 4) is 5.75 Å². The molecule has 1 rings (SSSR count). The number of ether oxygens (including phenoxy) is 1. The molecule has 0 aliphatic carbocycles. The number of benzene rings is 1. The molecule has 0 radical (unpaired) electrons. The first kappa shape index (κ1) is 17.3. The summed E-state index contributed by atoms with van der Waals surface area (Å²) in [6.07, 6.45) is 0.409. The van der Waals surface area contributed by atoms with Crippen molar-refractivity contribution in [3.05, 3.63) is 29.8 Å². The molecule has 21 heavy (non-hydrogen) atoms. The third-order valence-electron chi connectivity index (χ3n) is 2.79. The second kappa shape index (κ2) is 7.87. The van der Waals surface area contributed by atoms with Gasteiger partial charge in [0.05, 0.1) is 4.99 Å². The van der Waals surface area contributed by atoms with E-state index < -0.39 is 6.61 Å². The summed E-state index contributed by atoms with van der Waals surface area (Å²) in [4.78, 5) is 14.3. The molecular formula is C14H18F2N2O2S. The van der Waals surface area contributed by atoms with Crippen LogP contribution < -0.4 is 10.5 Å². The van der Waals surface area contributed by atoms with Crippen molar-refractivity contribution in [3.63, 3.8) is 0 Å². The molecule has 0 spiro atoms. The first-order chi connectivity index (χ1) is 9.81. The van der Waals surface area contributed by atoms with E-state index in [0.29, 0.717) is 18.0 Å². The summed E-state index contributed by atoms with van der Waals surface area (Å²) in [7, 11) is 0. The molecule has 0 unspecified atom stereocenters. The normalized spacial score (nSPS) is 10.8. The highest BCUT2D eigenvalue weighted by Gasteiger charge is 2.19. The molecule has 1 aromatic carbocycles. The van der Waals surface area contributed by atoms with Crippen molar-refractivity contribution in [1.82, 2.24) is 4.90 Å². The number of thiocarbonyl (C=S) groups is 1. The Bertz CT molecular complexity index is 510. The SMILES string of the molecule is CC(C)N(CCC(N)=S)C(=O)c1cccc(OC(F)F)c1. The van der Waals surface area contributed by atoms with E-state index in [2.05, 4.69) is 4.74 Å². The number of rotatable bonds is 7. The van der Waals surface area contributed by atoms with Gasteiger partial charge in [0, 0.05) is 24.6 Å². The van der Waals surface area contributed by atoms with Gasteiger partial charge in [-0.25, -0.2) is 0 Å². The summed E-state index contributed by atoms with van der Waals surface area (Å²) < 4.78 is 28.7. The van der Waals surface area contributed by atoms with Crippen LogP contribution in [0.25, 0.3) is 0 Å². The lowest BCUT2D eigenvalue weighted by Gasteiger charge is -2.26. The summed E-state index contributed by atoms with van der Waals surface area (Å²) in [6, 6.07) is 5.65. The molecule has 0 heterocycles. The number of carbonyl (C=O) groups is 1. The monoisotopic (exact) mass is 316 g/mol. The number of amides is 1. The smallest absolute Gasteiger partial charge is 0.387 e. The maximum absolute atomic E-state index is 12.4. The molecule has 2 N–H and O–H groups in total. The average Bonchev–Trinajstić information content (AvgIpc) is 2.37. The molecule has 7 heteroatoms. The van der Waals surface area contributed by atoms with E-state index in [0.717, 1.165) is 0 Å². The van der Waals surface area contributed by atoms with Crippen LogP contribution in [0.3, 0.4) is 0 Å². The van der Waals surface area contributed by atoms with Crippen molar-refractivity contribution in [2.45, 2.75) is 32.9 Å². The molecular weight excluding hydrogens is 298 g/mol. The number of hydrogen-bond acceptors (Lipinski definition) is 3. The van der Waals surface area contributed by atoms with E-state index in [9.17, 15) is 13.6 Å². The van der Waals surface area contributed by atoms with Gasteiger partial charge >= 0.3 is 6.61 Å². The van der Waals surface area contributed by atoms with Crippen LogP contribution in [0, 0.1) is 0 Å². The molecule has 0 aliphatic heterocycles. The topological polar surface area (TPSA) is 55.6 Å². The van der Waals surface area contributed by atoms with Crippen molar-refractivity contribution in [2.24, 2.45) is 5.73 Å². The standard InChI is InChI=1S/C14H18F2N2O2S/c1-9(2)18(7-6-12(17)21)13(19)10-4-3-5-11(8-10)20-14(15)16/h3-5,8-9,14H,6-7H2,1-2H3,(H2,17,21). The second-order valence-electron chi connectivity index (χ2n) is 4.71. The number of carbonyl (C=O) groups excluding carboxylic acids is 1. The van der Waals surface area contributed by atoms with Gasteiger partial charge in [0.15, 0.2) is 0 Å². The summed E-state index contributed by atoms with van der Waals surface area (Å²) in [5, 5.41) is 0. The first-order valence-corrected chi connectivity index (χ1v) is 6.86. The molecule has 116 valence electrons. The van der Waals surface area contributed by atoms with E-state index in [1.807, 2.05) is 13.8 Å². The van der Waals surface area contributed by atoms with Crippen LogP contribution in [0.15, 0.2) is 24.3 Å². The number of nitrogens with two attached hydrogens (primary N) is 1. The highest BCUT2D eigenvalue weighted by molar-refractivity contribution is 7.80. The van der Waals surface area contributed by atoms with Gasteiger partial charge in [-0.15, -0.1) is 0 Å². The van der Waals surface area contributed by atoms with Gasteiger partial charge in [-0.05, 0) is 32.0 Å². The molecule has 0 aromatic heterocycles. The van der Waals surface area contributed by atoms with Gasteiger partial charge in [0.1, 0.15) is 5.75 Å². The highest BCUT2D eigenvalue weighted by atomic mass is 32.1. The van der Waals surface area contributed by atoms with Gasteiger partial charge in [-0.2, -0.15) is 8.78 Å². The zero-order valence-electron chi connectivity index (χ0n) is 11.9. The number of halogens is 2. The van der Waals surface area contributed by atoms with Crippen LogP contribution in [0.5, 0.6) is 5.75 Å². The average molecular weight is 316 g/mol. The molecule has 0 aliphatic rings. The lowest BCUT2D eigenvalue weighted by atomic mass is 10.1. The third kappa shape index (κ3) is 5.63. The fraction of sp³-hybridized carbons (Fsp3) is 0.429. The van der Waals surface area contributed by atoms with Gasteiger partial charge < -0.3 is 15.4 Å². The van der Waals surface area contributed by atoms with Crippen LogP contribution in [0.4, 0.5) is 8.78 Å². The predicted octanol–water partition coefficient (Wildman–Crippen LogP) is 2.81. The minimum Gasteiger partial charge on any atom is -0.435 e. The summed E-state index contributed by atoms with van der Waals surface area (Å²) in [6.45, 7) is 1.17. The Morgan fingerprint density at radius 2 is 2.10 bits per heavy atom. The van der Waals surface area contributed by atoms with Crippen LogP contribution in [0.1, 0.15) is 30.6 Å². The minimum atomic E-state index is -2.92. The van der Waals surface area contributed by atoms with E-state index in [4.69, 9.17) is 18.0 Å². The second-order valence-corrected chi connectivity index (χ2v) is 5.24. The van der Waals surface area contributed by atoms with Crippen LogP contribution >= 0.6 is 12.2 Å². The van der Waals surface area contributed by atoms with Gasteiger partial charge in [-0.3, -0.25) is 4.79 Å². The van der Waals surface area contributed by atoms with Crippen LogP contribution in [-0.2, 0) is 0 Å². The molecule has 0 saturated carbocycles. The van der Waals surface area contributed by atoms with E-state index in [1.165, 1.54) is 18.2 Å². The van der Waals surface area contributed by atoms with E-state index >= 15 is 0 Å². The molecule has 1 amide bonds. The van der Waals surface area contributed by atoms with Crippen LogP contribution in [0.2, 0.25) is 0 Å². The van der Waals surface area contributed by atoms with Crippen LogP contribution in [-0.4, -0.2) is 35.0 Å². The predicted molar refractivity (Wildman–Crippen MR) is 80.6 cm³/mol. The largest absolute Gasteiger partial charge is 0.435 e. The van der Waals surface area contributed by atoms with E-state index in [-0.39, 0.29) is 23.3 Å². The number of nitrogens with zero attached hydrogens (tertiary/aromatic N) is 1. The Balaban J connectivity index is 2.90. The molecule has 0 saturated heterocycles. The number of alkyl halides is 2. The van der Waals surface area contributed by atoms with Gasteiger partial charge in [0.2, 0.25) is 0 Å². The first-order valence-electron chi connectivity index (χ1n) is 6.45. The summed E-state index contributed by atoms with van der Waals surface area (Å²) in [5.74, 6) is -0.324. The molecule has 0 bridgehead atoms. The Morgan fingerprint density at radius 3 is 2.62 bits per heavy atom. The van der Waals surface area contributed by atoms with Gasteiger partial charge in [0.25, 0.3) is 5.91 Å². The van der Waals surface area contributed by atoms with E-state index in [1.54, 1.807) is 11.0 Å². The Hall–Kier alpha value is -1.76. The Kier molecular flexibility index (Phi) is 6.48. The van der Waals surface area contributed by atoms with Crippen molar-refractivity contribution < 1.29 is 18.3 Å². The van der Waals surface area contributed by atoms with Gasteiger partial charge in [-0.1, -0.05) is 18.3 Å². The molecule has 0 fully saturated rings. The van der Waals surface area contributed by atoms with Crippen molar-refractivity contribution in [1.29, 1.82) is 0 Å². The molecule has 4 nitrogen and oxygen atoms in total. The fourth-order valence-electron chi connectivity index (χ4n) is 1.80. The van der Waals surface area contributed by atoms with Crippen molar-refractivity contribution >= 4 is 23.1 Å². The maximum Gasteiger partial charge on any atom is 0.387 e. The lowest BCUT2D eigenvalue weighted by Crippen LogP contribution is -2.39. The highest BCUT2D eigenvalue weighted by Crippen LogP contribution is 2.18. The Labute approximate surface area is 127 Å².